The summed E-state index contributed by atoms with van der Waals surface area (Å²) in [5.74, 6) is 1.76. The summed E-state index contributed by atoms with van der Waals surface area (Å²) in [6.45, 7) is 7.66. The predicted octanol–water partition coefficient (Wildman–Crippen LogP) is 1.80. The summed E-state index contributed by atoms with van der Waals surface area (Å²) >= 11 is 0. The first-order chi connectivity index (χ1) is 5.66. The molecule has 0 unspecified atom stereocenters. The molecule has 3 nitrogen and oxygen atoms in total. The zero-order valence-corrected chi connectivity index (χ0v) is 7.70. The molecule has 0 aromatic rings. The molecule has 0 N–H and O–H groups in total. The normalized spacial score (nSPS) is 21.2. The zero-order chi connectivity index (χ0) is 9.14. The standard InChI is InChI=1S/C9H13N3/c1-5-6-10-9-7(2)11-8(3)12(9)4/h5-6H,2H2,1,3-4H3/b6-5-,10-9+. The Hall–Kier alpha value is -1.38. The SMILES string of the molecule is C=C1N=C(C)N(C)/C1=N/C=C\C. The molecule has 0 amide bonds. The molecule has 3 heteroatoms. The lowest BCUT2D eigenvalue weighted by Gasteiger charge is -2.10. The molecule has 0 bridgehead atoms. The van der Waals surface area contributed by atoms with Crippen LogP contribution in [0.4, 0.5) is 0 Å². The highest BCUT2D eigenvalue weighted by Crippen LogP contribution is 2.12. The Morgan fingerprint density at radius 2 is 2.25 bits per heavy atom. The van der Waals surface area contributed by atoms with E-state index >= 15 is 0 Å². The van der Waals surface area contributed by atoms with Gasteiger partial charge in [-0.2, -0.15) is 0 Å². The van der Waals surface area contributed by atoms with Crippen molar-refractivity contribution in [3.05, 3.63) is 24.6 Å². The highest BCUT2D eigenvalue weighted by Gasteiger charge is 2.18. The molecule has 0 aliphatic carbocycles. The molecule has 1 heterocycles. The van der Waals surface area contributed by atoms with Crippen molar-refractivity contribution in [2.45, 2.75) is 13.8 Å². The van der Waals surface area contributed by atoms with Crippen molar-refractivity contribution in [1.29, 1.82) is 0 Å². The lowest BCUT2D eigenvalue weighted by molar-refractivity contribution is 0.768. The molecule has 64 valence electrons. The largest absolute Gasteiger partial charge is 0.316 e. The number of allylic oxidation sites excluding steroid dienone is 1. The molecule has 0 spiro atoms. The van der Waals surface area contributed by atoms with E-state index in [1.165, 1.54) is 0 Å². The molecule has 0 fully saturated rings. The van der Waals surface area contributed by atoms with E-state index in [4.69, 9.17) is 0 Å². The first kappa shape index (κ1) is 8.71. The Bertz CT molecular complexity index is 284. The average Bonchev–Trinajstić information content (AvgIpc) is 2.25. The Labute approximate surface area is 72.8 Å². The second-order valence-electron chi connectivity index (χ2n) is 2.60. The van der Waals surface area contributed by atoms with Gasteiger partial charge in [-0.15, -0.1) is 0 Å². The highest BCUT2D eigenvalue weighted by molar-refractivity contribution is 6.13. The predicted molar refractivity (Wildman–Crippen MR) is 52.3 cm³/mol. The number of aliphatic imine (C=N–C) groups is 2. The van der Waals surface area contributed by atoms with Gasteiger partial charge in [0.1, 0.15) is 11.5 Å². The molecule has 0 aromatic heterocycles. The van der Waals surface area contributed by atoms with Gasteiger partial charge in [-0.05, 0) is 13.8 Å². The maximum atomic E-state index is 4.20. The Kier molecular flexibility index (Phi) is 2.43. The molecule has 0 radical (unpaired) electrons. The van der Waals surface area contributed by atoms with E-state index < -0.39 is 0 Å². The van der Waals surface area contributed by atoms with Crippen molar-refractivity contribution in [2.75, 3.05) is 7.05 Å². The van der Waals surface area contributed by atoms with Gasteiger partial charge < -0.3 is 4.90 Å². The van der Waals surface area contributed by atoms with Crippen molar-refractivity contribution in [1.82, 2.24) is 4.90 Å². The van der Waals surface area contributed by atoms with Crippen LogP contribution in [0.25, 0.3) is 0 Å². The van der Waals surface area contributed by atoms with Gasteiger partial charge in [-0.1, -0.05) is 12.7 Å². The molecule has 1 aliphatic heterocycles. The van der Waals surface area contributed by atoms with Gasteiger partial charge in [0.05, 0.1) is 0 Å². The molecule has 0 saturated heterocycles. The van der Waals surface area contributed by atoms with Gasteiger partial charge in [0, 0.05) is 13.2 Å². The summed E-state index contributed by atoms with van der Waals surface area (Å²) in [5.41, 5.74) is 0.730. The molecule has 0 aromatic carbocycles. The van der Waals surface area contributed by atoms with Crippen LogP contribution >= 0.6 is 0 Å². The van der Waals surface area contributed by atoms with E-state index in [-0.39, 0.29) is 0 Å². The number of rotatable bonds is 1. The smallest absolute Gasteiger partial charge is 0.159 e. The number of nitrogens with zero attached hydrogens (tertiary/aromatic N) is 3. The third kappa shape index (κ3) is 1.44. The van der Waals surface area contributed by atoms with Gasteiger partial charge >= 0.3 is 0 Å². The highest BCUT2D eigenvalue weighted by atomic mass is 15.3. The Morgan fingerprint density at radius 3 is 2.67 bits per heavy atom. The molecular weight excluding hydrogens is 150 g/mol. The van der Waals surface area contributed by atoms with Crippen LogP contribution in [-0.4, -0.2) is 23.6 Å². The third-order valence-corrected chi connectivity index (χ3v) is 1.70. The summed E-state index contributed by atoms with van der Waals surface area (Å²) in [7, 11) is 1.93. The van der Waals surface area contributed by atoms with E-state index in [2.05, 4.69) is 16.6 Å². The Balaban J connectivity index is 2.90. The molecular formula is C9H13N3. The van der Waals surface area contributed by atoms with Crippen molar-refractivity contribution >= 4 is 11.7 Å². The van der Waals surface area contributed by atoms with Crippen LogP contribution in [0, 0.1) is 0 Å². The van der Waals surface area contributed by atoms with Gasteiger partial charge in [0.2, 0.25) is 0 Å². The van der Waals surface area contributed by atoms with Crippen molar-refractivity contribution in [3.63, 3.8) is 0 Å². The van der Waals surface area contributed by atoms with Crippen LogP contribution < -0.4 is 0 Å². The summed E-state index contributed by atoms with van der Waals surface area (Å²) in [5, 5.41) is 0. The number of likely N-dealkylation sites (N-methyl/N-ethyl adjacent to an activating group) is 1. The fourth-order valence-corrected chi connectivity index (χ4v) is 0.973. The van der Waals surface area contributed by atoms with Crippen LogP contribution in [0.15, 0.2) is 34.5 Å². The number of hydrogen-bond acceptors (Lipinski definition) is 2. The maximum Gasteiger partial charge on any atom is 0.159 e. The van der Waals surface area contributed by atoms with Crippen LogP contribution in [0.5, 0.6) is 0 Å². The van der Waals surface area contributed by atoms with E-state index in [0.717, 1.165) is 17.4 Å². The first-order valence-corrected chi connectivity index (χ1v) is 3.84. The van der Waals surface area contributed by atoms with Gasteiger partial charge in [0.15, 0.2) is 5.84 Å². The number of hydrogen-bond donors (Lipinski definition) is 0. The minimum absolute atomic E-state index is 0.730. The summed E-state index contributed by atoms with van der Waals surface area (Å²) in [6, 6.07) is 0. The van der Waals surface area contributed by atoms with E-state index in [1.54, 1.807) is 6.20 Å². The molecule has 12 heavy (non-hydrogen) atoms. The number of amidine groups is 2. The second kappa shape index (κ2) is 3.34. The first-order valence-electron chi connectivity index (χ1n) is 3.84. The fraction of sp³-hybridized carbons (Fsp3) is 0.333. The van der Waals surface area contributed by atoms with E-state index in [0.29, 0.717) is 0 Å². The third-order valence-electron chi connectivity index (χ3n) is 1.70. The molecule has 1 rings (SSSR count). The quantitative estimate of drug-likeness (QED) is 0.579. The second-order valence-corrected chi connectivity index (χ2v) is 2.60. The lowest BCUT2D eigenvalue weighted by Crippen LogP contribution is -2.25. The van der Waals surface area contributed by atoms with Crippen molar-refractivity contribution < 1.29 is 0 Å². The van der Waals surface area contributed by atoms with Crippen molar-refractivity contribution in [2.24, 2.45) is 9.98 Å². The van der Waals surface area contributed by atoms with E-state index in [1.807, 2.05) is 31.9 Å². The minimum atomic E-state index is 0.730. The Morgan fingerprint density at radius 1 is 1.58 bits per heavy atom. The molecule has 0 atom stereocenters. The van der Waals surface area contributed by atoms with Gasteiger partial charge in [-0.3, -0.25) is 0 Å². The summed E-state index contributed by atoms with van der Waals surface area (Å²) < 4.78 is 0. The average molecular weight is 163 g/mol. The van der Waals surface area contributed by atoms with Crippen molar-refractivity contribution in [3.8, 4) is 0 Å². The molecule has 0 saturated carbocycles. The topological polar surface area (TPSA) is 28.0 Å². The lowest BCUT2D eigenvalue weighted by atomic mass is 10.4. The summed E-state index contributed by atoms with van der Waals surface area (Å²) in [4.78, 5) is 10.3. The van der Waals surface area contributed by atoms with E-state index in [9.17, 15) is 0 Å². The van der Waals surface area contributed by atoms with Crippen LogP contribution in [0.3, 0.4) is 0 Å². The monoisotopic (exact) mass is 163 g/mol. The van der Waals surface area contributed by atoms with Gasteiger partial charge in [0.25, 0.3) is 0 Å². The minimum Gasteiger partial charge on any atom is -0.316 e. The van der Waals surface area contributed by atoms with Crippen LogP contribution in [-0.2, 0) is 0 Å². The summed E-state index contributed by atoms with van der Waals surface area (Å²) in [6.07, 6.45) is 3.62. The molecule has 1 aliphatic rings. The van der Waals surface area contributed by atoms with Crippen LogP contribution in [0.2, 0.25) is 0 Å². The zero-order valence-electron chi connectivity index (χ0n) is 7.70. The van der Waals surface area contributed by atoms with Gasteiger partial charge in [-0.25, -0.2) is 9.98 Å². The van der Waals surface area contributed by atoms with Crippen LogP contribution in [0.1, 0.15) is 13.8 Å². The fourth-order valence-electron chi connectivity index (χ4n) is 0.973. The maximum absolute atomic E-state index is 4.20.